The monoisotopic (exact) mass is 466 g/mol. The van der Waals surface area contributed by atoms with Gasteiger partial charge >= 0.3 is 12.1 Å². The third-order valence-corrected chi connectivity index (χ3v) is 9.26. The van der Waals surface area contributed by atoms with E-state index < -0.39 is 17.2 Å². The van der Waals surface area contributed by atoms with Crippen LogP contribution in [0.3, 0.4) is 0 Å². The maximum atomic E-state index is 14.1. The molecule has 2 heterocycles. The second-order valence-corrected chi connectivity index (χ2v) is 13.6. The van der Waals surface area contributed by atoms with Crippen LogP contribution in [0.15, 0.2) is 30.3 Å². The molecule has 1 amide bonds. The van der Waals surface area contributed by atoms with Crippen molar-refractivity contribution in [1.82, 2.24) is 10.2 Å². The lowest BCUT2D eigenvalue weighted by molar-refractivity contribution is -0.242. The van der Waals surface area contributed by atoms with Gasteiger partial charge in [0.15, 0.2) is 6.23 Å². The maximum Gasteiger partial charge on any atom is 0.413 e. The number of nitrogens with zero attached hydrogens (tertiary/aromatic N) is 1. The van der Waals surface area contributed by atoms with Gasteiger partial charge in [-0.15, -0.1) is 0 Å². The highest BCUT2D eigenvalue weighted by Gasteiger charge is 2.67. The van der Waals surface area contributed by atoms with Gasteiger partial charge in [0.2, 0.25) is 0 Å². The largest absolute Gasteiger partial charge is 0.444 e. The summed E-state index contributed by atoms with van der Waals surface area (Å²) in [5, 5.41) is 3.31. The van der Waals surface area contributed by atoms with Crippen LogP contribution in [0.4, 0.5) is 4.79 Å². The van der Waals surface area contributed by atoms with E-state index in [2.05, 4.69) is 42.6 Å². The van der Waals surface area contributed by atoms with Crippen LogP contribution in [0.5, 0.6) is 0 Å². The number of carbonyl (C=O) groups is 2. The Kier molecular flexibility index (Phi) is 4.60. The number of amides is 1. The molecule has 1 N–H and O–H groups in total. The van der Waals surface area contributed by atoms with Crippen molar-refractivity contribution in [2.45, 2.75) is 83.5 Å². The van der Waals surface area contributed by atoms with E-state index in [4.69, 9.17) is 9.47 Å². The summed E-state index contributed by atoms with van der Waals surface area (Å²) < 4.78 is 12.0. The molecule has 6 fully saturated rings. The van der Waals surface area contributed by atoms with E-state index in [1.807, 2.05) is 20.8 Å². The maximum absolute atomic E-state index is 14.1. The summed E-state index contributed by atoms with van der Waals surface area (Å²) in [6.45, 7) is 10.1. The molecule has 4 bridgehead atoms. The summed E-state index contributed by atoms with van der Waals surface area (Å²) in [7, 11) is 0. The van der Waals surface area contributed by atoms with E-state index in [0.717, 1.165) is 38.8 Å². The number of benzene rings is 1. The molecule has 6 nitrogen and oxygen atoms in total. The summed E-state index contributed by atoms with van der Waals surface area (Å²) in [5.74, 6) is 0.462. The summed E-state index contributed by atoms with van der Waals surface area (Å²) >= 11 is 0. The van der Waals surface area contributed by atoms with Crippen LogP contribution < -0.4 is 5.32 Å². The third-order valence-electron chi connectivity index (χ3n) is 9.26. The SMILES string of the molecule is CC12CC3CC(C(=O)OC4N(C(=O)OC(C)(C)C)CC45CNC5)(C1)CC(c1ccccc1)(C3)C2. The predicted octanol–water partition coefficient (Wildman–Crippen LogP) is 4.62. The molecule has 0 radical (unpaired) electrons. The molecule has 1 aromatic rings. The van der Waals surface area contributed by atoms with Gasteiger partial charge in [-0.25, -0.2) is 4.79 Å². The molecular weight excluding hydrogens is 428 g/mol. The van der Waals surface area contributed by atoms with Gasteiger partial charge in [0, 0.05) is 19.6 Å². The molecule has 0 aromatic heterocycles. The summed E-state index contributed by atoms with van der Waals surface area (Å²) in [5.41, 5.74) is 0.375. The van der Waals surface area contributed by atoms with Crippen LogP contribution in [-0.2, 0) is 19.7 Å². The summed E-state index contributed by atoms with van der Waals surface area (Å²) in [4.78, 5) is 28.6. The van der Waals surface area contributed by atoms with Crippen LogP contribution in [0.25, 0.3) is 0 Å². The van der Waals surface area contributed by atoms with Gasteiger partial charge in [0.05, 0.1) is 10.8 Å². The first-order chi connectivity index (χ1) is 16.0. The normalized spacial score (nSPS) is 39.4. The Morgan fingerprint density at radius 2 is 1.76 bits per heavy atom. The van der Waals surface area contributed by atoms with E-state index in [1.54, 1.807) is 4.90 Å². The first kappa shape index (κ1) is 22.4. The summed E-state index contributed by atoms with van der Waals surface area (Å²) in [6, 6.07) is 10.8. The topological polar surface area (TPSA) is 67.9 Å². The quantitative estimate of drug-likeness (QED) is 0.658. The lowest BCUT2D eigenvalue weighted by atomic mass is 9.39. The Balaban J connectivity index is 1.28. The van der Waals surface area contributed by atoms with Crippen molar-refractivity contribution in [3.63, 3.8) is 0 Å². The second kappa shape index (κ2) is 6.99. The van der Waals surface area contributed by atoms with E-state index in [9.17, 15) is 9.59 Å². The van der Waals surface area contributed by atoms with Crippen molar-refractivity contribution in [3.8, 4) is 0 Å². The predicted molar refractivity (Wildman–Crippen MR) is 128 cm³/mol. The zero-order valence-electron chi connectivity index (χ0n) is 21.0. The number of carbonyl (C=O) groups excluding carboxylic acids is 2. The van der Waals surface area contributed by atoms with Crippen LogP contribution >= 0.6 is 0 Å². The van der Waals surface area contributed by atoms with Crippen LogP contribution in [-0.4, -0.2) is 48.4 Å². The minimum absolute atomic E-state index is 0.0502. The number of likely N-dealkylation sites (tertiary alicyclic amines) is 1. The average Bonchev–Trinajstić information content (AvgIpc) is 2.67. The number of nitrogens with one attached hydrogen (secondary N) is 1. The molecule has 2 saturated heterocycles. The average molecular weight is 467 g/mol. The fourth-order valence-electron chi connectivity index (χ4n) is 8.61. The van der Waals surface area contributed by atoms with E-state index in [-0.39, 0.29) is 28.3 Å². The minimum atomic E-state index is -0.581. The van der Waals surface area contributed by atoms with Gasteiger partial charge in [0.25, 0.3) is 0 Å². The van der Waals surface area contributed by atoms with Gasteiger partial charge < -0.3 is 14.8 Å². The molecule has 2 aliphatic heterocycles. The van der Waals surface area contributed by atoms with Crippen molar-refractivity contribution in [1.29, 1.82) is 0 Å². The van der Waals surface area contributed by atoms with Gasteiger partial charge in [-0.2, -0.15) is 0 Å². The number of rotatable bonds is 3. The molecule has 7 rings (SSSR count). The minimum Gasteiger partial charge on any atom is -0.444 e. The van der Waals surface area contributed by atoms with Gasteiger partial charge in [-0.05, 0) is 81.6 Å². The van der Waals surface area contributed by atoms with Crippen molar-refractivity contribution in [3.05, 3.63) is 35.9 Å². The fraction of sp³-hybridized carbons (Fsp3) is 0.714. The Labute approximate surface area is 202 Å². The van der Waals surface area contributed by atoms with Crippen LogP contribution in [0.1, 0.15) is 71.8 Å². The second-order valence-electron chi connectivity index (χ2n) is 13.6. The molecule has 6 heteroatoms. The van der Waals surface area contributed by atoms with E-state index in [1.165, 1.54) is 18.4 Å². The van der Waals surface area contributed by atoms with Crippen LogP contribution in [0, 0.1) is 22.2 Å². The summed E-state index contributed by atoms with van der Waals surface area (Å²) in [6.07, 6.45) is 5.27. The van der Waals surface area contributed by atoms with Crippen LogP contribution in [0.2, 0.25) is 0 Å². The molecule has 184 valence electrons. The Morgan fingerprint density at radius 1 is 1.03 bits per heavy atom. The lowest BCUT2D eigenvalue weighted by Gasteiger charge is -2.66. The van der Waals surface area contributed by atoms with Crippen molar-refractivity contribution in [2.75, 3.05) is 19.6 Å². The molecule has 1 aromatic carbocycles. The van der Waals surface area contributed by atoms with Crippen molar-refractivity contribution in [2.24, 2.45) is 22.2 Å². The Morgan fingerprint density at radius 3 is 2.38 bits per heavy atom. The molecular formula is C28H38N2O4. The first-order valence-electron chi connectivity index (χ1n) is 12.9. The molecule has 5 unspecified atom stereocenters. The lowest BCUT2D eigenvalue weighted by Crippen LogP contribution is -2.79. The van der Waals surface area contributed by atoms with Gasteiger partial charge in [-0.3, -0.25) is 9.69 Å². The highest BCUT2D eigenvalue weighted by Crippen LogP contribution is 2.70. The molecule has 1 spiro atoms. The standard InChI is InChI=1S/C28H38N2O4/c1-24(2,3)34-23(32)30-18-28(16-29-17-28)21(30)33-22(31)27-12-19-10-25(4,14-27)13-26(11-19,15-27)20-8-6-5-7-9-20/h5-9,19,21,29H,10-18H2,1-4H3. The first-order valence-corrected chi connectivity index (χ1v) is 12.9. The number of ether oxygens (including phenoxy) is 2. The zero-order valence-corrected chi connectivity index (χ0v) is 21.0. The van der Waals surface area contributed by atoms with Crippen molar-refractivity contribution < 1.29 is 19.1 Å². The third kappa shape index (κ3) is 3.31. The molecule has 4 aliphatic carbocycles. The van der Waals surface area contributed by atoms with Gasteiger partial charge in [-0.1, -0.05) is 37.3 Å². The molecule has 34 heavy (non-hydrogen) atoms. The van der Waals surface area contributed by atoms with Gasteiger partial charge in [0.1, 0.15) is 5.60 Å². The molecule has 4 saturated carbocycles. The zero-order chi connectivity index (χ0) is 24.0. The molecule has 5 atom stereocenters. The number of hydrogen-bond donors (Lipinski definition) is 1. The van der Waals surface area contributed by atoms with E-state index in [0.29, 0.717) is 12.5 Å². The highest BCUT2D eigenvalue weighted by atomic mass is 16.6. The Bertz CT molecular complexity index is 1010. The number of hydrogen-bond acceptors (Lipinski definition) is 5. The smallest absolute Gasteiger partial charge is 0.413 e. The number of esters is 1. The fourth-order valence-corrected chi connectivity index (χ4v) is 8.61. The Hall–Kier alpha value is -2.08. The van der Waals surface area contributed by atoms with E-state index >= 15 is 0 Å². The molecule has 6 aliphatic rings. The van der Waals surface area contributed by atoms with Crippen molar-refractivity contribution >= 4 is 12.1 Å². The highest BCUT2D eigenvalue weighted by molar-refractivity contribution is 5.79.